The van der Waals surface area contributed by atoms with Crippen LogP contribution in [0.2, 0.25) is 0 Å². The molecule has 0 fully saturated rings. The summed E-state index contributed by atoms with van der Waals surface area (Å²) in [5, 5.41) is 3.60. The zero-order valence-electron chi connectivity index (χ0n) is 11.3. The zero-order chi connectivity index (χ0) is 11.5. The molecule has 15 heavy (non-hydrogen) atoms. The van der Waals surface area contributed by atoms with Crippen molar-refractivity contribution < 1.29 is 0 Å². The van der Waals surface area contributed by atoms with Crippen LogP contribution in [0.4, 0.5) is 0 Å². The molecule has 0 bridgehead atoms. The van der Waals surface area contributed by atoms with Crippen molar-refractivity contribution in [2.24, 2.45) is 11.8 Å². The fourth-order valence-electron chi connectivity index (χ4n) is 1.88. The van der Waals surface area contributed by atoms with Crippen LogP contribution in [0.15, 0.2) is 0 Å². The summed E-state index contributed by atoms with van der Waals surface area (Å²) in [4.78, 5) is 0. The highest BCUT2D eigenvalue weighted by molar-refractivity contribution is 4.61. The van der Waals surface area contributed by atoms with Gasteiger partial charge in [0.15, 0.2) is 0 Å². The lowest BCUT2D eigenvalue weighted by Gasteiger charge is -2.15. The largest absolute Gasteiger partial charge is 0.316 e. The maximum Gasteiger partial charge on any atom is -0.00206 e. The summed E-state index contributed by atoms with van der Waals surface area (Å²) in [6, 6.07) is 0. The molecule has 0 heterocycles. The Balaban J connectivity index is 3.30. The average molecular weight is 213 g/mol. The molecule has 0 amide bonds. The van der Waals surface area contributed by atoms with Crippen molar-refractivity contribution in [3.05, 3.63) is 0 Å². The van der Waals surface area contributed by atoms with Gasteiger partial charge in [0.05, 0.1) is 0 Å². The minimum Gasteiger partial charge on any atom is -0.316 e. The molecule has 1 heteroatoms. The molecular weight excluding hydrogens is 182 g/mol. The van der Waals surface area contributed by atoms with E-state index >= 15 is 0 Å². The Labute approximate surface area is 97.0 Å². The van der Waals surface area contributed by atoms with Crippen LogP contribution in [0, 0.1) is 11.8 Å². The SMILES string of the molecule is CCCCC(CC)CNCCCC(C)C. The normalized spacial score (nSPS) is 13.4. The van der Waals surface area contributed by atoms with Crippen molar-refractivity contribution in [1.82, 2.24) is 5.32 Å². The van der Waals surface area contributed by atoms with Crippen LogP contribution in [-0.2, 0) is 0 Å². The molecule has 92 valence electrons. The molecular formula is C14H31N. The van der Waals surface area contributed by atoms with E-state index in [1.54, 1.807) is 0 Å². The van der Waals surface area contributed by atoms with E-state index in [4.69, 9.17) is 0 Å². The van der Waals surface area contributed by atoms with Gasteiger partial charge in [0.1, 0.15) is 0 Å². The number of nitrogens with one attached hydrogen (secondary N) is 1. The minimum atomic E-state index is 0.855. The van der Waals surface area contributed by atoms with E-state index in [0.717, 1.165) is 11.8 Å². The Hall–Kier alpha value is -0.0400. The number of rotatable bonds is 10. The highest BCUT2D eigenvalue weighted by atomic mass is 14.8. The van der Waals surface area contributed by atoms with Crippen LogP contribution in [-0.4, -0.2) is 13.1 Å². The number of hydrogen-bond donors (Lipinski definition) is 1. The van der Waals surface area contributed by atoms with E-state index in [1.807, 2.05) is 0 Å². The lowest BCUT2D eigenvalue weighted by atomic mass is 9.99. The van der Waals surface area contributed by atoms with Gasteiger partial charge >= 0.3 is 0 Å². The molecule has 0 aliphatic carbocycles. The first kappa shape index (κ1) is 15.0. The maximum atomic E-state index is 3.60. The highest BCUT2D eigenvalue weighted by Crippen LogP contribution is 2.11. The van der Waals surface area contributed by atoms with Crippen molar-refractivity contribution >= 4 is 0 Å². The first-order valence-electron chi connectivity index (χ1n) is 6.91. The summed E-state index contributed by atoms with van der Waals surface area (Å²) in [6.07, 6.45) is 8.16. The first-order valence-corrected chi connectivity index (χ1v) is 6.91. The van der Waals surface area contributed by atoms with Crippen molar-refractivity contribution in [2.45, 2.75) is 66.2 Å². The van der Waals surface area contributed by atoms with Gasteiger partial charge in [-0.25, -0.2) is 0 Å². The zero-order valence-corrected chi connectivity index (χ0v) is 11.3. The lowest BCUT2D eigenvalue weighted by Crippen LogP contribution is -2.23. The molecule has 0 saturated carbocycles. The summed E-state index contributed by atoms with van der Waals surface area (Å²) < 4.78 is 0. The van der Waals surface area contributed by atoms with Gasteiger partial charge in [-0.3, -0.25) is 0 Å². The topological polar surface area (TPSA) is 12.0 Å². The number of unbranched alkanes of at least 4 members (excludes halogenated alkanes) is 1. The number of hydrogen-bond acceptors (Lipinski definition) is 1. The van der Waals surface area contributed by atoms with Crippen LogP contribution in [0.25, 0.3) is 0 Å². The Bertz CT molecular complexity index is 121. The minimum absolute atomic E-state index is 0.855. The van der Waals surface area contributed by atoms with Crippen LogP contribution in [0.1, 0.15) is 66.2 Å². The van der Waals surface area contributed by atoms with E-state index in [1.165, 1.54) is 51.6 Å². The third kappa shape index (κ3) is 10.2. The summed E-state index contributed by atoms with van der Waals surface area (Å²) in [7, 11) is 0. The van der Waals surface area contributed by atoms with Crippen molar-refractivity contribution in [3.8, 4) is 0 Å². The van der Waals surface area contributed by atoms with Crippen LogP contribution in [0.5, 0.6) is 0 Å². The molecule has 1 unspecified atom stereocenters. The standard InChI is InChI=1S/C14H31N/c1-5-7-10-14(6-2)12-15-11-8-9-13(3)4/h13-15H,5-12H2,1-4H3. The maximum absolute atomic E-state index is 3.60. The third-order valence-corrected chi connectivity index (χ3v) is 3.11. The van der Waals surface area contributed by atoms with Crippen molar-refractivity contribution in [3.63, 3.8) is 0 Å². The molecule has 0 aromatic carbocycles. The molecule has 0 aliphatic heterocycles. The lowest BCUT2D eigenvalue weighted by molar-refractivity contribution is 0.412. The second kappa shape index (κ2) is 10.5. The van der Waals surface area contributed by atoms with Crippen molar-refractivity contribution in [2.75, 3.05) is 13.1 Å². The van der Waals surface area contributed by atoms with Gasteiger partial charge in [0.2, 0.25) is 0 Å². The Morgan fingerprint density at radius 1 is 1.00 bits per heavy atom. The Morgan fingerprint density at radius 3 is 2.27 bits per heavy atom. The van der Waals surface area contributed by atoms with Gasteiger partial charge in [0.25, 0.3) is 0 Å². The fraction of sp³-hybridized carbons (Fsp3) is 1.00. The van der Waals surface area contributed by atoms with E-state index in [-0.39, 0.29) is 0 Å². The van der Waals surface area contributed by atoms with Crippen LogP contribution in [0.3, 0.4) is 0 Å². The van der Waals surface area contributed by atoms with Gasteiger partial charge in [-0.1, -0.05) is 47.0 Å². The summed E-state index contributed by atoms with van der Waals surface area (Å²) in [6.45, 7) is 11.6. The molecule has 0 aliphatic rings. The molecule has 0 aromatic heterocycles. The molecule has 1 atom stereocenters. The summed E-state index contributed by atoms with van der Waals surface area (Å²) in [5.74, 6) is 1.76. The predicted molar refractivity (Wildman–Crippen MR) is 70.2 cm³/mol. The molecule has 1 nitrogen and oxygen atoms in total. The summed E-state index contributed by atoms with van der Waals surface area (Å²) in [5.41, 5.74) is 0. The van der Waals surface area contributed by atoms with E-state index in [2.05, 4.69) is 33.0 Å². The van der Waals surface area contributed by atoms with Crippen LogP contribution < -0.4 is 5.32 Å². The van der Waals surface area contributed by atoms with Gasteiger partial charge in [-0.15, -0.1) is 0 Å². The molecule has 0 radical (unpaired) electrons. The Kier molecular flexibility index (Phi) is 10.4. The van der Waals surface area contributed by atoms with Gasteiger partial charge in [-0.05, 0) is 44.2 Å². The highest BCUT2D eigenvalue weighted by Gasteiger charge is 2.04. The molecule has 1 N–H and O–H groups in total. The van der Waals surface area contributed by atoms with E-state index in [0.29, 0.717) is 0 Å². The quantitative estimate of drug-likeness (QED) is 0.536. The Morgan fingerprint density at radius 2 is 1.73 bits per heavy atom. The summed E-state index contributed by atoms with van der Waals surface area (Å²) >= 11 is 0. The van der Waals surface area contributed by atoms with Gasteiger partial charge in [0, 0.05) is 0 Å². The van der Waals surface area contributed by atoms with E-state index < -0.39 is 0 Å². The molecule has 0 aromatic rings. The monoisotopic (exact) mass is 213 g/mol. The molecule has 0 rings (SSSR count). The van der Waals surface area contributed by atoms with E-state index in [9.17, 15) is 0 Å². The predicted octanol–water partition coefficient (Wildman–Crippen LogP) is 4.23. The molecule has 0 saturated heterocycles. The van der Waals surface area contributed by atoms with Gasteiger partial charge in [-0.2, -0.15) is 0 Å². The first-order chi connectivity index (χ1) is 7.20. The van der Waals surface area contributed by atoms with Crippen LogP contribution >= 0.6 is 0 Å². The van der Waals surface area contributed by atoms with Gasteiger partial charge < -0.3 is 5.32 Å². The second-order valence-corrected chi connectivity index (χ2v) is 5.16. The average Bonchev–Trinajstić information content (AvgIpc) is 2.21. The third-order valence-electron chi connectivity index (χ3n) is 3.11. The second-order valence-electron chi connectivity index (χ2n) is 5.16. The molecule has 0 spiro atoms. The fourth-order valence-corrected chi connectivity index (χ4v) is 1.88. The smallest absolute Gasteiger partial charge is 0.00206 e. The van der Waals surface area contributed by atoms with Crippen molar-refractivity contribution in [1.29, 1.82) is 0 Å².